The lowest BCUT2D eigenvalue weighted by molar-refractivity contribution is 0.385. The molecule has 1 N–H and O–H groups in total. The van der Waals surface area contributed by atoms with Crippen molar-refractivity contribution in [1.29, 1.82) is 0 Å². The fourth-order valence-corrected chi connectivity index (χ4v) is 2.84. The van der Waals surface area contributed by atoms with Crippen molar-refractivity contribution in [2.45, 2.75) is 19.5 Å². The summed E-state index contributed by atoms with van der Waals surface area (Å²) in [6.07, 6.45) is 1.95. The van der Waals surface area contributed by atoms with Gasteiger partial charge in [0.1, 0.15) is 11.5 Å². The van der Waals surface area contributed by atoms with Crippen LogP contribution < -0.4 is 14.8 Å². The molecule has 2 heterocycles. The van der Waals surface area contributed by atoms with Crippen LogP contribution in [0.1, 0.15) is 24.4 Å². The molecule has 0 unspecified atom stereocenters. The van der Waals surface area contributed by atoms with E-state index in [1.807, 2.05) is 41.8 Å². The van der Waals surface area contributed by atoms with Crippen molar-refractivity contribution in [1.82, 2.24) is 19.9 Å². The van der Waals surface area contributed by atoms with Gasteiger partial charge in [-0.2, -0.15) is 0 Å². The van der Waals surface area contributed by atoms with Crippen LogP contribution in [0.2, 0.25) is 5.02 Å². The Morgan fingerprint density at radius 3 is 2.71 bits per heavy atom. The first-order chi connectivity index (χ1) is 11.6. The van der Waals surface area contributed by atoms with E-state index in [1.165, 1.54) is 0 Å². The van der Waals surface area contributed by atoms with Crippen molar-refractivity contribution in [3.05, 3.63) is 52.9 Å². The van der Waals surface area contributed by atoms with Crippen LogP contribution in [0.5, 0.6) is 11.5 Å². The normalized spacial score (nSPS) is 12.3. The quantitative estimate of drug-likeness (QED) is 0.742. The van der Waals surface area contributed by atoms with Crippen LogP contribution in [0, 0.1) is 0 Å². The zero-order valence-corrected chi connectivity index (χ0v) is 14.5. The fourth-order valence-electron chi connectivity index (χ4n) is 2.59. The highest BCUT2D eigenvalue weighted by Crippen LogP contribution is 2.35. The van der Waals surface area contributed by atoms with Gasteiger partial charge in [-0.25, -0.2) is 0 Å². The van der Waals surface area contributed by atoms with Crippen LogP contribution in [0.3, 0.4) is 0 Å². The molecule has 0 saturated heterocycles. The number of rotatable bonds is 6. The van der Waals surface area contributed by atoms with Crippen LogP contribution in [-0.4, -0.2) is 28.8 Å². The molecule has 0 fully saturated rings. The van der Waals surface area contributed by atoms with Gasteiger partial charge in [0.2, 0.25) is 0 Å². The van der Waals surface area contributed by atoms with E-state index in [4.69, 9.17) is 21.1 Å². The number of hydrogen-bond acceptors (Lipinski definition) is 5. The summed E-state index contributed by atoms with van der Waals surface area (Å²) in [6, 6.07) is 9.48. The molecule has 0 aliphatic carbocycles. The summed E-state index contributed by atoms with van der Waals surface area (Å²) in [4.78, 5) is 0. The molecule has 0 aliphatic rings. The zero-order chi connectivity index (χ0) is 17.1. The third kappa shape index (κ3) is 3.16. The predicted octanol–water partition coefficient (Wildman–Crippen LogP) is 3.25. The molecular formula is C17H19ClN4O2. The lowest BCUT2D eigenvalue weighted by Crippen LogP contribution is -2.20. The van der Waals surface area contributed by atoms with Gasteiger partial charge in [-0.05, 0) is 25.1 Å². The Labute approximate surface area is 145 Å². The Balaban J connectivity index is 1.80. The van der Waals surface area contributed by atoms with E-state index in [9.17, 15) is 0 Å². The summed E-state index contributed by atoms with van der Waals surface area (Å²) in [6.45, 7) is 2.61. The van der Waals surface area contributed by atoms with E-state index in [1.54, 1.807) is 20.3 Å². The minimum Gasteiger partial charge on any atom is -0.496 e. The van der Waals surface area contributed by atoms with Crippen LogP contribution in [-0.2, 0) is 6.54 Å². The lowest BCUT2D eigenvalue weighted by atomic mass is 10.1. The highest BCUT2D eigenvalue weighted by molar-refractivity contribution is 6.32. The second kappa shape index (κ2) is 7.07. The SMILES string of the molecule is COc1cc(OC)c([C@H](C)NCc2nnc3ccccn23)cc1Cl. The van der Waals surface area contributed by atoms with Crippen molar-refractivity contribution in [2.75, 3.05) is 14.2 Å². The van der Waals surface area contributed by atoms with Crippen LogP contribution in [0.25, 0.3) is 5.65 Å². The maximum atomic E-state index is 6.25. The van der Waals surface area contributed by atoms with Crippen LogP contribution >= 0.6 is 11.6 Å². The number of pyridine rings is 1. The molecule has 3 aromatic rings. The van der Waals surface area contributed by atoms with Crippen molar-refractivity contribution in [3.8, 4) is 11.5 Å². The first-order valence-electron chi connectivity index (χ1n) is 7.57. The van der Waals surface area contributed by atoms with Crippen molar-refractivity contribution >= 4 is 17.2 Å². The van der Waals surface area contributed by atoms with Gasteiger partial charge in [0, 0.05) is 23.9 Å². The maximum Gasteiger partial charge on any atom is 0.160 e. The number of ether oxygens (including phenoxy) is 2. The number of nitrogens with zero attached hydrogens (tertiary/aromatic N) is 3. The van der Waals surface area contributed by atoms with E-state index in [0.29, 0.717) is 17.3 Å². The van der Waals surface area contributed by atoms with Gasteiger partial charge >= 0.3 is 0 Å². The first-order valence-corrected chi connectivity index (χ1v) is 7.95. The van der Waals surface area contributed by atoms with Crippen LogP contribution in [0.15, 0.2) is 36.5 Å². The molecule has 7 heteroatoms. The molecule has 24 heavy (non-hydrogen) atoms. The van der Waals surface area contributed by atoms with Gasteiger partial charge < -0.3 is 14.8 Å². The first kappa shape index (κ1) is 16.5. The Hall–Kier alpha value is -2.31. The predicted molar refractivity (Wildman–Crippen MR) is 92.8 cm³/mol. The molecule has 0 bridgehead atoms. The molecule has 126 valence electrons. The molecule has 2 aromatic heterocycles. The minimum absolute atomic E-state index is 0.0134. The van der Waals surface area contributed by atoms with E-state index in [-0.39, 0.29) is 6.04 Å². The summed E-state index contributed by atoms with van der Waals surface area (Å²) in [5.41, 5.74) is 1.78. The highest BCUT2D eigenvalue weighted by Gasteiger charge is 2.16. The monoisotopic (exact) mass is 346 g/mol. The Bertz CT molecular complexity index is 850. The second-order valence-corrected chi connectivity index (χ2v) is 5.78. The third-order valence-corrected chi connectivity index (χ3v) is 4.22. The average Bonchev–Trinajstić information content (AvgIpc) is 3.02. The van der Waals surface area contributed by atoms with Gasteiger partial charge in [-0.15, -0.1) is 10.2 Å². The largest absolute Gasteiger partial charge is 0.496 e. The van der Waals surface area contributed by atoms with Gasteiger partial charge in [0.05, 0.1) is 25.8 Å². The van der Waals surface area contributed by atoms with Gasteiger partial charge in [-0.3, -0.25) is 4.40 Å². The molecule has 0 radical (unpaired) electrons. The Morgan fingerprint density at radius 2 is 1.96 bits per heavy atom. The van der Waals surface area contributed by atoms with Crippen molar-refractivity contribution in [2.24, 2.45) is 0 Å². The Kier molecular flexibility index (Phi) is 4.87. The van der Waals surface area contributed by atoms with E-state index in [2.05, 4.69) is 15.5 Å². The topological polar surface area (TPSA) is 60.7 Å². The number of nitrogens with one attached hydrogen (secondary N) is 1. The molecule has 3 rings (SSSR count). The fraction of sp³-hybridized carbons (Fsp3) is 0.294. The number of benzene rings is 1. The highest BCUT2D eigenvalue weighted by atomic mass is 35.5. The third-order valence-electron chi connectivity index (χ3n) is 3.92. The average molecular weight is 347 g/mol. The number of hydrogen-bond donors (Lipinski definition) is 1. The summed E-state index contributed by atoms with van der Waals surface area (Å²) < 4.78 is 12.7. The van der Waals surface area contributed by atoms with Crippen molar-refractivity contribution in [3.63, 3.8) is 0 Å². The summed E-state index contributed by atoms with van der Waals surface area (Å²) in [5.74, 6) is 2.16. The zero-order valence-electron chi connectivity index (χ0n) is 13.8. The molecule has 0 amide bonds. The number of fused-ring (bicyclic) bond motifs is 1. The second-order valence-electron chi connectivity index (χ2n) is 5.38. The molecule has 0 saturated carbocycles. The molecule has 0 aliphatic heterocycles. The number of aromatic nitrogens is 3. The molecular weight excluding hydrogens is 328 g/mol. The Morgan fingerprint density at radius 1 is 1.17 bits per heavy atom. The van der Waals surface area contributed by atoms with Gasteiger partial charge in [0.15, 0.2) is 11.5 Å². The number of methoxy groups -OCH3 is 2. The van der Waals surface area contributed by atoms with E-state index in [0.717, 1.165) is 22.8 Å². The van der Waals surface area contributed by atoms with Gasteiger partial charge in [-0.1, -0.05) is 17.7 Å². The molecule has 1 atom stereocenters. The molecule has 0 spiro atoms. The van der Waals surface area contributed by atoms with Crippen molar-refractivity contribution < 1.29 is 9.47 Å². The van der Waals surface area contributed by atoms with E-state index >= 15 is 0 Å². The molecule has 1 aromatic carbocycles. The number of halogens is 1. The summed E-state index contributed by atoms with van der Waals surface area (Å²) in [5, 5.41) is 12.4. The lowest BCUT2D eigenvalue weighted by Gasteiger charge is -2.18. The smallest absolute Gasteiger partial charge is 0.160 e. The summed E-state index contributed by atoms with van der Waals surface area (Å²) >= 11 is 6.25. The minimum atomic E-state index is 0.0134. The van der Waals surface area contributed by atoms with E-state index < -0.39 is 0 Å². The van der Waals surface area contributed by atoms with Crippen LogP contribution in [0.4, 0.5) is 0 Å². The standard InChI is InChI=1S/C17H19ClN4O2/c1-11(12-8-13(18)15(24-3)9-14(12)23-2)19-10-17-21-20-16-6-4-5-7-22(16)17/h4-9,11,19H,10H2,1-3H3/t11-/m0/s1. The molecule has 6 nitrogen and oxygen atoms in total. The maximum absolute atomic E-state index is 6.25. The van der Waals surface area contributed by atoms with Gasteiger partial charge in [0.25, 0.3) is 0 Å². The summed E-state index contributed by atoms with van der Waals surface area (Å²) in [7, 11) is 3.21.